The Balaban J connectivity index is 1.82. The first kappa shape index (κ1) is 21.5. The second kappa shape index (κ2) is 12.6. The molecule has 0 amide bonds. The number of alkyl halides is 1. The fraction of sp³-hybridized carbons (Fsp3) is 0.542. The first-order valence-electron chi connectivity index (χ1n) is 10.6. The number of hydrogen-bond acceptors (Lipinski definition) is 2. The molecule has 147 valence electrons. The van der Waals surface area contributed by atoms with Crippen LogP contribution in [0.2, 0.25) is 0 Å². The SMILES string of the molecule is CCC[CH]CC(F)Cc1ccc(-c2ncc(CCCCCCC)cn2)cc1. The number of benzene rings is 1. The summed E-state index contributed by atoms with van der Waals surface area (Å²) in [6, 6.07) is 7.98. The van der Waals surface area contributed by atoms with Crippen LogP contribution in [0.5, 0.6) is 0 Å². The summed E-state index contributed by atoms with van der Waals surface area (Å²) in [5, 5.41) is 0. The van der Waals surface area contributed by atoms with Crippen molar-refractivity contribution in [3.8, 4) is 11.4 Å². The number of halogens is 1. The van der Waals surface area contributed by atoms with E-state index in [1.165, 1.54) is 37.7 Å². The largest absolute Gasteiger partial charge is 0.247 e. The van der Waals surface area contributed by atoms with Crippen LogP contribution in [0.4, 0.5) is 4.39 Å². The summed E-state index contributed by atoms with van der Waals surface area (Å²) >= 11 is 0. The second-order valence-electron chi connectivity index (χ2n) is 7.39. The maximum atomic E-state index is 14.0. The molecule has 0 spiro atoms. The fourth-order valence-electron chi connectivity index (χ4n) is 3.20. The molecule has 1 aromatic carbocycles. The van der Waals surface area contributed by atoms with Crippen molar-refractivity contribution in [1.29, 1.82) is 0 Å². The number of aryl methyl sites for hydroxylation is 1. The van der Waals surface area contributed by atoms with Gasteiger partial charge in [-0.3, -0.25) is 0 Å². The minimum absolute atomic E-state index is 0.471. The van der Waals surface area contributed by atoms with Gasteiger partial charge in [0.1, 0.15) is 6.17 Å². The van der Waals surface area contributed by atoms with Crippen LogP contribution in [0.3, 0.4) is 0 Å². The highest BCUT2D eigenvalue weighted by Gasteiger charge is 2.08. The van der Waals surface area contributed by atoms with Crippen LogP contribution >= 0.6 is 0 Å². The van der Waals surface area contributed by atoms with Gasteiger partial charge in [0.15, 0.2) is 5.82 Å². The molecule has 1 radical (unpaired) electrons. The molecule has 0 N–H and O–H groups in total. The molecule has 1 aromatic heterocycles. The Morgan fingerprint density at radius 2 is 1.59 bits per heavy atom. The van der Waals surface area contributed by atoms with Gasteiger partial charge in [0, 0.05) is 24.4 Å². The van der Waals surface area contributed by atoms with Crippen molar-refractivity contribution in [2.45, 2.75) is 84.2 Å². The summed E-state index contributed by atoms with van der Waals surface area (Å²) < 4.78 is 14.0. The lowest BCUT2D eigenvalue weighted by atomic mass is 10.0. The molecule has 0 fully saturated rings. The van der Waals surface area contributed by atoms with E-state index in [0.717, 1.165) is 36.2 Å². The summed E-state index contributed by atoms with van der Waals surface area (Å²) in [6.07, 6.45) is 15.7. The third-order valence-electron chi connectivity index (χ3n) is 4.86. The molecule has 2 aromatic rings. The molecule has 0 aliphatic heterocycles. The monoisotopic (exact) mass is 369 g/mol. The molecule has 27 heavy (non-hydrogen) atoms. The van der Waals surface area contributed by atoms with E-state index in [1.54, 1.807) is 0 Å². The normalized spacial score (nSPS) is 12.3. The summed E-state index contributed by atoms with van der Waals surface area (Å²) in [6.45, 7) is 4.35. The Hall–Kier alpha value is -1.77. The fourth-order valence-corrected chi connectivity index (χ4v) is 3.20. The topological polar surface area (TPSA) is 25.8 Å². The molecular weight excluding hydrogens is 335 g/mol. The molecular formula is C24H34FN2. The Bertz CT molecular complexity index is 622. The second-order valence-corrected chi connectivity index (χ2v) is 7.39. The van der Waals surface area contributed by atoms with Crippen molar-refractivity contribution in [2.24, 2.45) is 0 Å². The summed E-state index contributed by atoms with van der Waals surface area (Å²) in [7, 11) is 0. The molecule has 0 aliphatic rings. The molecule has 1 unspecified atom stereocenters. The zero-order valence-electron chi connectivity index (χ0n) is 17.0. The first-order valence-corrected chi connectivity index (χ1v) is 10.6. The lowest BCUT2D eigenvalue weighted by Crippen LogP contribution is -2.05. The van der Waals surface area contributed by atoms with Gasteiger partial charge >= 0.3 is 0 Å². The minimum atomic E-state index is -0.796. The molecule has 2 rings (SSSR count). The standard InChI is InChI=1S/C24H34FN2/c1-3-5-7-8-10-11-21-18-26-24(27-19-21)22-15-13-20(14-16-22)17-23(25)12-9-6-4-2/h9,13-16,18-19,23H,3-8,10-12,17H2,1-2H3. The zero-order valence-corrected chi connectivity index (χ0v) is 17.0. The van der Waals surface area contributed by atoms with Gasteiger partial charge in [-0.15, -0.1) is 0 Å². The van der Waals surface area contributed by atoms with Gasteiger partial charge in [-0.25, -0.2) is 14.4 Å². The Morgan fingerprint density at radius 3 is 2.26 bits per heavy atom. The molecule has 3 heteroatoms. The molecule has 0 aliphatic carbocycles. The maximum absolute atomic E-state index is 14.0. The summed E-state index contributed by atoms with van der Waals surface area (Å²) in [5.74, 6) is 0.740. The van der Waals surface area contributed by atoms with Crippen LogP contribution in [-0.2, 0) is 12.8 Å². The molecule has 2 nitrogen and oxygen atoms in total. The third-order valence-corrected chi connectivity index (χ3v) is 4.86. The van der Waals surface area contributed by atoms with E-state index in [1.807, 2.05) is 36.7 Å². The van der Waals surface area contributed by atoms with Crippen molar-refractivity contribution in [1.82, 2.24) is 9.97 Å². The average molecular weight is 370 g/mol. The number of aromatic nitrogens is 2. The van der Waals surface area contributed by atoms with E-state index in [9.17, 15) is 4.39 Å². The number of unbranched alkanes of at least 4 members (excludes halogenated alkanes) is 6. The molecule has 1 heterocycles. The van der Waals surface area contributed by atoms with E-state index in [-0.39, 0.29) is 0 Å². The Kier molecular flexibility index (Phi) is 10.0. The number of rotatable bonds is 13. The van der Waals surface area contributed by atoms with Crippen LogP contribution in [0, 0.1) is 6.42 Å². The van der Waals surface area contributed by atoms with Crippen LogP contribution in [-0.4, -0.2) is 16.1 Å². The van der Waals surface area contributed by atoms with Crippen molar-refractivity contribution >= 4 is 0 Å². The third kappa shape index (κ3) is 8.19. The van der Waals surface area contributed by atoms with E-state index in [4.69, 9.17) is 0 Å². The lowest BCUT2D eigenvalue weighted by Gasteiger charge is -2.08. The highest BCUT2D eigenvalue weighted by Crippen LogP contribution is 2.18. The van der Waals surface area contributed by atoms with Crippen molar-refractivity contribution in [2.75, 3.05) is 0 Å². The quantitative estimate of drug-likeness (QED) is 0.358. The van der Waals surface area contributed by atoms with Gasteiger partial charge in [0.25, 0.3) is 0 Å². The summed E-state index contributed by atoms with van der Waals surface area (Å²) in [5.41, 5.74) is 3.22. The summed E-state index contributed by atoms with van der Waals surface area (Å²) in [4.78, 5) is 9.03. The number of nitrogens with zero attached hydrogens (tertiary/aromatic N) is 2. The van der Waals surface area contributed by atoms with Crippen molar-refractivity contribution in [3.63, 3.8) is 0 Å². The van der Waals surface area contributed by atoms with E-state index in [0.29, 0.717) is 12.8 Å². The van der Waals surface area contributed by atoms with Crippen LogP contribution in [0.1, 0.15) is 76.3 Å². The van der Waals surface area contributed by atoms with E-state index >= 15 is 0 Å². The van der Waals surface area contributed by atoms with Crippen molar-refractivity contribution < 1.29 is 4.39 Å². The molecule has 0 bridgehead atoms. The Labute approximate surface area is 164 Å². The van der Waals surface area contributed by atoms with Crippen molar-refractivity contribution in [3.05, 3.63) is 54.2 Å². The molecule has 0 saturated heterocycles. The van der Waals surface area contributed by atoms with Crippen LogP contribution in [0.25, 0.3) is 11.4 Å². The predicted octanol–water partition coefficient (Wildman–Crippen LogP) is 6.93. The minimum Gasteiger partial charge on any atom is -0.247 e. The van der Waals surface area contributed by atoms with Crippen LogP contribution < -0.4 is 0 Å². The van der Waals surface area contributed by atoms with E-state index < -0.39 is 6.17 Å². The van der Waals surface area contributed by atoms with Gasteiger partial charge in [-0.05, 0) is 36.8 Å². The average Bonchev–Trinajstić information content (AvgIpc) is 2.69. The zero-order chi connectivity index (χ0) is 19.3. The van der Waals surface area contributed by atoms with Crippen LogP contribution in [0.15, 0.2) is 36.7 Å². The van der Waals surface area contributed by atoms with Gasteiger partial charge < -0.3 is 0 Å². The Morgan fingerprint density at radius 1 is 0.889 bits per heavy atom. The first-order chi connectivity index (χ1) is 13.2. The van der Waals surface area contributed by atoms with Gasteiger partial charge in [-0.2, -0.15) is 0 Å². The number of hydrogen-bond donors (Lipinski definition) is 0. The maximum Gasteiger partial charge on any atom is 0.159 e. The highest BCUT2D eigenvalue weighted by molar-refractivity contribution is 5.55. The lowest BCUT2D eigenvalue weighted by molar-refractivity contribution is 0.325. The van der Waals surface area contributed by atoms with Gasteiger partial charge in [-0.1, -0.05) is 76.6 Å². The highest BCUT2D eigenvalue weighted by atomic mass is 19.1. The molecule has 0 saturated carbocycles. The predicted molar refractivity (Wildman–Crippen MR) is 112 cm³/mol. The van der Waals surface area contributed by atoms with Gasteiger partial charge in [0.05, 0.1) is 0 Å². The molecule has 1 atom stereocenters. The van der Waals surface area contributed by atoms with E-state index in [2.05, 4.69) is 30.2 Å². The van der Waals surface area contributed by atoms with Gasteiger partial charge in [0.2, 0.25) is 0 Å². The smallest absolute Gasteiger partial charge is 0.159 e.